The van der Waals surface area contributed by atoms with Gasteiger partial charge >= 0.3 is 0 Å². The Morgan fingerprint density at radius 3 is 2.78 bits per heavy atom. The number of hydrogen-bond donors (Lipinski definition) is 0. The fourth-order valence-electron chi connectivity index (χ4n) is 2.81. The first-order valence-corrected chi connectivity index (χ1v) is 7.83. The first-order chi connectivity index (χ1) is 8.56. The number of nitrogens with zero attached hydrogens (tertiary/aromatic N) is 3. The van der Waals surface area contributed by atoms with Crippen molar-refractivity contribution in [3.8, 4) is 0 Å². The molecule has 0 radical (unpaired) electrons. The molecule has 2 heterocycles. The molecular formula is C14H25N3S. The summed E-state index contributed by atoms with van der Waals surface area (Å²) in [5, 5.41) is 3.38. The molecule has 0 bridgehead atoms. The van der Waals surface area contributed by atoms with Crippen LogP contribution in [-0.2, 0) is 6.42 Å². The third-order valence-corrected chi connectivity index (χ3v) is 4.60. The van der Waals surface area contributed by atoms with Crippen LogP contribution in [0.25, 0.3) is 0 Å². The average molecular weight is 267 g/mol. The zero-order valence-electron chi connectivity index (χ0n) is 12.0. The van der Waals surface area contributed by atoms with Gasteiger partial charge in [-0.05, 0) is 27.7 Å². The van der Waals surface area contributed by atoms with Crippen LogP contribution in [-0.4, -0.2) is 53.0 Å². The maximum Gasteiger partial charge on any atom is 0.0897 e. The molecule has 102 valence electrons. The molecular weight excluding hydrogens is 242 g/mol. The molecule has 0 saturated carbocycles. The summed E-state index contributed by atoms with van der Waals surface area (Å²) < 4.78 is 0. The van der Waals surface area contributed by atoms with E-state index in [1.807, 2.05) is 0 Å². The van der Waals surface area contributed by atoms with Gasteiger partial charge in [0.15, 0.2) is 0 Å². The number of hydrogen-bond acceptors (Lipinski definition) is 4. The van der Waals surface area contributed by atoms with Crippen molar-refractivity contribution in [1.82, 2.24) is 14.8 Å². The largest absolute Gasteiger partial charge is 0.300 e. The minimum Gasteiger partial charge on any atom is -0.300 e. The van der Waals surface area contributed by atoms with Crippen molar-refractivity contribution in [1.29, 1.82) is 0 Å². The highest BCUT2D eigenvalue weighted by Crippen LogP contribution is 2.14. The quantitative estimate of drug-likeness (QED) is 0.835. The molecule has 0 aromatic carbocycles. The normalized spacial score (nSPS) is 22.8. The van der Waals surface area contributed by atoms with Crippen LogP contribution in [0.1, 0.15) is 31.5 Å². The highest BCUT2D eigenvalue weighted by atomic mass is 32.1. The molecule has 4 heteroatoms. The number of aromatic nitrogens is 1. The van der Waals surface area contributed by atoms with E-state index < -0.39 is 0 Å². The van der Waals surface area contributed by atoms with Crippen LogP contribution >= 0.6 is 11.3 Å². The van der Waals surface area contributed by atoms with Crippen LogP contribution < -0.4 is 0 Å². The fourth-order valence-corrected chi connectivity index (χ4v) is 3.46. The van der Waals surface area contributed by atoms with Crippen molar-refractivity contribution in [2.45, 2.75) is 46.2 Å². The summed E-state index contributed by atoms with van der Waals surface area (Å²) in [6.45, 7) is 13.8. The Bertz CT molecular complexity index is 375. The molecule has 1 aromatic rings. The van der Waals surface area contributed by atoms with Crippen molar-refractivity contribution < 1.29 is 0 Å². The molecule has 18 heavy (non-hydrogen) atoms. The second kappa shape index (κ2) is 6.13. The zero-order valence-corrected chi connectivity index (χ0v) is 12.8. The van der Waals surface area contributed by atoms with Crippen LogP contribution in [0.4, 0.5) is 0 Å². The molecule has 2 rings (SSSR count). The number of rotatable bonds is 4. The maximum absolute atomic E-state index is 4.54. The van der Waals surface area contributed by atoms with Gasteiger partial charge in [0.05, 0.1) is 10.7 Å². The van der Waals surface area contributed by atoms with Gasteiger partial charge in [-0.1, -0.05) is 0 Å². The highest BCUT2D eigenvalue weighted by molar-refractivity contribution is 7.09. The summed E-state index contributed by atoms with van der Waals surface area (Å²) in [4.78, 5) is 9.72. The lowest BCUT2D eigenvalue weighted by molar-refractivity contribution is 0.0609. The molecule has 3 nitrogen and oxygen atoms in total. The number of thiazole rings is 1. The third-order valence-electron chi connectivity index (χ3n) is 3.78. The molecule has 1 aliphatic rings. The van der Waals surface area contributed by atoms with Crippen molar-refractivity contribution in [2.24, 2.45) is 0 Å². The number of aryl methyl sites for hydroxylation is 1. The molecule has 0 unspecified atom stereocenters. The van der Waals surface area contributed by atoms with Gasteiger partial charge in [0, 0.05) is 50.1 Å². The molecule has 1 atom stereocenters. The van der Waals surface area contributed by atoms with Crippen molar-refractivity contribution in [3.05, 3.63) is 16.1 Å². The Hall–Kier alpha value is -0.450. The van der Waals surface area contributed by atoms with Crippen LogP contribution in [0, 0.1) is 6.92 Å². The lowest BCUT2D eigenvalue weighted by Crippen LogP contribution is -2.54. The van der Waals surface area contributed by atoms with E-state index in [1.54, 1.807) is 11.3 Å². The van der Waals surface area contributed by atoms with E-state index >= 15 is 0 Å². The van der Waals surface area contributed by atoms with Gasteiger partial charge in [-0.15, -0.1) is 11.3 Å². The molecule has 1 aliphatic heterocycles. The highest BCUT2D eigenvalue weighted by Gasteiger charge is 2.24. The fraction of sp³-hybridized carbons (Fsp3) is 0.786. The number of piperazine rings is 1. The Morgan fingerprint density at radius 1 is 1.44 bits per heavy atom. The molecule has 1 fully saturated rings. The van der Waals surface area contributed by atoms with E-state index in [1.165, 1.54) is 30.3 Å². The lowest BCUT2D eigenvalue weighted by atomic mass is 10.1. The summed E-state index contributed by atoms with van der Waals surface area (Å²) in [6.07, 6.45) is 1.10. The molecule has 0 N–H and O–H groups in total. The predicted molar refractivity (Wildman–Crippen MR) is 78.3 cm³/mol. The maximum atomic E-state index is 4.54. The third kappa shape index (κ3) is 3.53. The Kier molecular flexibility index (Phi) is 4.76. The molecule has 0 spiro atoms. The van der Waals surface area contributed by atoms with Crippen molar-refractivity contribution in [3.63, 3.8) is 0 Å². The topological polar surface area (TPSA) is 19.4 Å². The van der Waals surface area contributed by atoms with Crippen molar-refractivity contribution in [2.75, 3.05) is 26.2 Å². The molecule has 0 aliphatic carbocycles. The summed E-state index contributed by atoms with van der Waals surface area (Å²) in [5.74, 6) is 0. The van der Waals surface area contributed by atoms with Gasteiger partial charge in [0.25, 0.3) is 0 Å². The second-order valence-electron chi connectivity index (χ2n) is 5.59. The first-order valence-electron chi connectivity index (χ1n) is 6.95. The summed E-state index contributed by atoms with van der Waals surface area (Å²) in [6, 6.07) is 1.35. The van der Waals surface area contributed by atoms with Crippen LogP contribution in [0.15, 0.2) is 5.38 Å². The van der Waals surface area contributed by atoms with Gasteiger partial charge in [-0.3, -0.25) is 4.90 Å². The summed E-state index contributed by atoms with van der Waals surface area (Å²) in [5.41, 5.74) is 1.26. The van der Waals surface area contributed by atoms with Crippen LogP contribution in [0.2, 0.25) is 0 Å². The summed E-state index contributed by atoms with van der Waals surface area (Å²) >= 11 is 1.76. The molecule has 0 amide bonds. The Labute approximate surface area is 115 Å². The smallest absolute Gasteiger partial charge is 0.0897 e. The Balaban J connectivity index is 1.79. The monoisotopic (exact) mass is 267 g/mol. The Morgan fingerprint density at radius 2 is 2.22 bits per heavy atom. The van der Waals surface area contributed by atoms with Crippen LogP contribution in [0.5, 0.6) is 0 Å². The SMILES string of the molecule is Cc1nc(CCN2CCN(C(C)C)[C@@H](C)C2)cs1. The minimum atomic E-state index is 0.670. The van der Waals surface area contributed by atoms with E-state index in [0.717, 1.165) is 13.0 Å². The van der Waals surface area contributed by atoms with E-state index in [4.69, 9.17) is 0 Å². The van der Waals surface area contributed by atoms with Gasteiger partial charge in [-0.25, -0.2) is 4.98 Å². The van der Waals surface area contributed by atoms with Gasteiger partial charge < -0.3 is 4.90 Å². The summed E-state index contributed by atoms with van der Waals surface area (Å²) in [7, 11) is 0. The minimum absolute atomic E-state index is 0.670. The predicted octanol–water partition coefficient (Wildman–Crippen LogP) is 2.41. The van der Waals surface area contributed by atoms with E-state index in [-0.39, 0.29) is 0 Å². The average Bonchev–Trinajstić information content (AvgIpc) is 2.72. The van der Waals surface area contributed by atoms with E-state index in [0.29, 0.717) is 12.1 Å². The zero-order chi connectivity index (χ0) is 13.1. The van der Waals surface area contributed by atoms with Gasteiger partial charge in [0.2, 0.25) is 0 Å². The van der Waals surface area contributed by atoms with Crippen LogP contribution in [0.3, 0.4) is 0 Å². The van der Waals surface area contributed by atoms with Gasteiger partial charge in [0.1, 0.15) is 0 Å². The molecule has 1 aromatic heterocycles. The second-order valence-corrected chi connectivity index (χ2v) is 6.65. The lowest BCUT2D eigenvalue weighted by Gasteiger charge is -2.42. The standard InChI is InChI=1S/C14H25N3S/c1-11(2)17-8-7-16(9-12(17)3)6-5-14-10-18-13(4)15-14/h10-12H,5-9H2,1-4H3/t12-/m0/s1. The first kappa shape index (κ1) is 14.0. The molecule has 1 saturated heterocycles. The van der Waals surface area contributed by atoms with Gasteiger partial charge in [-0.2, -0.15) is 0 Å². The van der Waals surface area contributed by atoms with E-state index in [2.05, 4.69) is 47.9 Å². The van der Waals surface area contributed by atoms with Crippen molar-refractivity contribution >= 4 is 11.3 Å². The van der Waals surface area contributed by atoms with E-state index in [9.17, 15) is 0 Å².